The molecule has 4 heteroatoms. The Bertz CT molecular complexity index is 673. The molecule has 0 saturated carbocycles. The molecule has 1 aromatic heterocycles. The van der Waals surface area contributed by atoms with E-state index < -0.39 is 0 Å². The molecule has 0 aliphatic carbocycles. The Morgan fingerprint density at radius 3 is 2.65 bits per heavy atom. The van der Waals surface area contributed by atoms with E-state index in [4.69, 9.17) is 11.6 Å². The molecule has 0 saturated heterocycles. The second-order valence-electron chi connectivity index (χ2n) is 3.84. The van der Waals surface area contributed by atoms with Gasteiger partial charge in [-0.25, -0.2) is 0 Å². The van der Waals surface area contributed by atoms with Crippen LogP contribution in [0.5, 0.6) is 5.75 Å². The van der Waals surface area contributed by atoms with E-state index in [1.54, 1.807) is 18.3 Å². The molecular weight excluding hydrogens is 236 g/mol. The standard InChI is InChI=1S/C13H9ClN2O/c14-12-6-13-9(7-15-16-13)5-11(12)8-1-3-10(17)4-2-8/h1-7,17H,(H,15,16). The summed E-state index contributed by atoms with van der Waals surface area (Å²) in [6.07, 6.45) is 1.76. The third-order valence-corrected chi connectivity index (χ3v) is 3.02. The Balaban J connectivity index is 2.21. The van der Waals surface area contributed by atoms with Crippen LogP contribution in [0.4, 0.5) is 0 Å². The predicted molar refractivity (Wildman–Crippen MR) is 68.2 cm³/mol. The summed E-state index contributed by atoms with van der Waals surface area (Å²) in [4.78, 5) is 0. The Kier molecular flexibility index (Phi) is 2.27. The number of rotatable bonds is 1. The summed E-state index contributed by atoms with van der Waals surface area (Å²) in [6, 6.07) is 10.8. The van der Waals surface area contributed by atoms with Gasteiger partial charge in [-0.1, -0.05) is 23.7 Å². The van der Waals surface area contributed by atoms with Crippen molar-refractivity contribution in [1.82, 2.24) is 10.2 Å². The van der Waals surface area contributed by atoms with Gasteiger partial charge in [0.1, 0.15) is 5.75 Å². The fraction of sp³-hybridized carbons (Fsp3) is 0. The molecule has 3 aromatic rings. The number of hydrogen-bond acceptors (Lipinski definition) is 2. The van der Waals surface area contributed by atoms with Gasteiger partial charge in [0.25, 0.3) is 0 Å². The highest BCUT2D eigenvalue weighted by atomic mass is 35.5. The van der Waals surface area contributed by atoms with E-state index in [2.05, 4.69) is 10.2 Å². The molecule has 0 amide bonds. The normalized spacial score (nSPS) is 10.9. The van der Waals surface area contributed by atoms with Crippen LogP contribution in [-0.4, -0.2) is 15.3 Å². The van der Waals surface area contributed by atoms with Gasteiger partial charge in [-0.05, 0) is 29.8 Å². The van der Waals surface area contributed by atoms with E-state index in [0.717, 1.165) is 22.0 Å². The van der Waals surface area contributed by atoms with Gasteiger partial charge in [0.15, 0.2) is 0 Å². The number of halogens is 1. The topological polar surface area (TPSA) is 48.9 Å². The van der Waals surface area contributed by atoms with E-state index in [1.807, 2.05) is 24.3 Å². The number of aromatic nitrogens is 2. The van der Waals surface area contributed by atoms with Gasteiger partial charge in [0.2, 0.25) is 0 Å². The van der Waals surface area contributed by atoms with Crippen molar-refractivity contribution >= 4 is 22.5 Å². The number of hydrogen-bond donors (Lipinski definition) is 2. The van der Waals surface area contributed by atoms with Gasteiger partial charge in [0, 0.05) is 10.9 Å². The van der Waals surface area contributed by atoms with Gasteiger partial charge < -0.3 is 5.11 Å². The van der Waals surface area contributed by atoms with Crippen LogP contribution in [0, 0.1) is 0 Å². The molecule has 0 aliphatic heterocycles. The largest absolute Gasteiger partial charge is 0.508 e. The zero-order chi connectivity index (χ0) is 11.8. The van der Waals surface area contributed by atoms with Crippen LogP contribution >= 0.6 is 11.6 Å². The fourth-order valence-electron chi connectivity index (χ4n) is 1.83. The first kappa shape index (κ1) is 10.2. The van der Waals surface area contributed by atoms with Crippen LogP contribution in [0.1, 0.15) is 0 Å². The summed E-state index contributed by atoms with van der Waals surface area (Å²) < 4.78 is 0. The second kappa shape index (κ2) is 3.79. The lowest BCUT2D eigenvalue weighted by Crippen LogP contribution is -1.80. The summed E-state index contributed by atoms with van der Waals surface area (Å²) in [5.41, 5.74) is 2.81. The predicted octanol–water partition coefficient (Wildman–Crippen LogP) is 3.59. The minimum Gasteiger partial charge on any atom is -0.508 e. The van der Waals surface area contributed by atoms with E-state index in [1.165, 1.54) is 0 Å². The minimum atomic E-state index is 0.245. The van der Waals surface area contributed by atoms with Crippen LogP contribution in [-0.2, 0) is 0 Å². The number of nitrogens with one attached hydrogen (secondary N) is 1. The number of benzene rings is 2. The molecule has 0 spiro atoms. The van der Waals surface area contributed by atoms with Gasteiger partial charge in [0.05, 0.1) is 16.7 Å². The molecule has 3 nitrogen and oxygen atoms in total. The third-order valence-electron chi connectivity index (χ3n) is 2.71. The number of nitrogens with zero attached hydrogens (tertiary/aromatic N) is 1. The lowest BCUT2D eigenvalue weighted by molar-refractivity contribution is 0.475. The monoisotopic (exact) mass is 244 g/mol. The van der Waals surface area contributed by atoms with Crippen molar-refractivity contribution in [2.75, 3.05) is 0 Å². The van der Waals surface area contributed by atoms with Gasteiger partial charge in [-0.3, -0.25) is 5.10 Å². The molecule has 17 heavy (non-hydrogen) atoms. The maximum Gasteiger partial charge on any atom is 0.115 e. The quantitative estimate of drug-likeness (QED) is 0.687. The maximum atomic E-state index is 9.26. The highest BCUT2D eigenvalue weighted by molar-refractivity contribution is 6.34. The van der Waals surface area contributed by atoms with Crippen molar-refractivity contribution in [2.24, 2.45) is 0 Å². The van der Waals surface area contributed by atoms with Crippen molar-refractivity contribution < 1.29 is 5.11 Å². The van der Waals surface area contributed by atoms with Crippen LogP contribution in [0.15, 0.2) is 42.6 Å². The first-order valence-electron chi connectivity index (χ1n) is 5.16. The molecule has 0 radical (unpaired) electrons. The zero-order valence-corrected chi connectivity index (χ0v) is 9.57. The lowest BCUT2D eigenvalue weighted by Gasteiger charge is -2.05. The van der Waals surface area contributed by atoms with Crippen LogP contribution < -0.4 is 0 Å². The molecule has 84 valence electrons. The molecule has 2 N–H and O–H groups in total. The summed E-state index contributed by atoms with van der Waals surface area (Å²) >= 11 is 6.22. The van der Waals surface area contributed by atoms with Gasteiger partial charge >= 0.3 is 0 Å². The summed E-state index contributed by atoms with van der Waals surface area (Å²) in [5.74, 6) is 0.245. The number of fused-ring (bicyclic) bond motifs is 1. The molecule has 0 aliphatic rings. The van der Waals surface area contributed by atoms with E-state index >= 15 is 0 Å². The molecule has 1 heterocycles. The fourth-order valence-corrected chi connectivity index (χ4v) is 2.10. The number of H-pyrrole nitrogens is 1. The van der Waals surface area contributed by atoms with Crippen LogP contribution in [0.2, 0.25) is 5.02 Å². The summed E-state index contributed by atoms with van der Waals surface area (Å²) in [6.45, 7) is 0. The zero-order valence-electron chi connectivity index (χ0n) is 8.81. The van der Waals surface area contributed by atoms with E-state index in [0.29, 0.717) is 5.02 Å². The molecule has 0 fully saturated rings. The minimum absolute atomic E-state index is 0.245. The Morgan fingerprint density at radius 1 is 1.12 bits per heavy atom. The first-order chi connectivity index (χ1) is 8.24. The molecule has 2 aromatic carbocycles. The summed E-state index contributed by atoms with van der Waals surface area (Å²) in [7, 11) is 0. The average molecular weight is 245 g/mol. The summed E-state index contributed by atoms with van der Waals surface area (Å²) in [5, 5.41) is 17.8. The van der Waals surface area contributed by atoms with Gasteiger partial charge in [-0.15, -0.1) is 0 Å². The maximum absolute atomic E-state index is 9.26. The number of phenolic OH excluding ortho intramolecular Hbond substituents is 1. The number of aromatic hydroxyl groups is 1. The number of aromatic amines is 1. The number of phenols is 1. The molecule has 0 unspecified atom stereocenters. The Hall–Kier alpha value is -2.00. The Morgan fingerprint density at radius 2 is 1.88 bits per heavy atom. The first-order valence-corrected chi connectivity index (χ1v) is 5.54. The second-order valence-corrected chi connectivity index (χ2v) is 4.24. The van der Waals surface area contributed by atoms with E-state index in [-0.39, 0.29) is 5.75 Å². The average Bonchev–Trinajstić information content (AvgIpc) is 2.76. The smallest absolute Gasteiger partial charge is 0.115 e. The lowest BCUT2D eigenvalue weighted by atomic mass is 10.0. The van der Waals surface area contributed by atoms with Crippen LogP contribution in [0.25, 0.3) is 22.0 Å². The van der Waals surface area contributed by atoms with Gasteiger partial charge in [-0.2, -0.15) is 5.10 Å². The van der Waals surface area contributed by atoms with Crippen molar-refractivity contribution in [2.45, 2.75) is 0 Å². The Labute approximate surface area is 103 Å². The van der Waals surface area contributed by atoms with Crippen molar-refractivity contribution in [1.29, 1.82) is 0 Å². The molecule has 3 rings (SSSR count). The molecular formula is C13H9ClN2O. The highest BCUT2D eigenvalue weighted by Gasteiger charge is 2.06. The molecule has 0 bridgehead atoms. The van der Waals surface area contributed by atoms with Crippen molar-refractivity contribution in [3.05, 3.63) is 47.6 Å². The SMILES string of the molecule is Oc1ccc(-c2cc3cn[nH]c3cc2Cl)cc1. The highest BCUT2D eigenvalue weighted by Crippen LogP contribution is 2.32. The molecule has 0 atom stereocenters. The van der Waals surface area contributed by atoms with E-state index in [9.17, 15) is 5.11 Å². The van der Waals surface area contributed by atoms with Crippen LogP contribution in [0.3, 0.4) is 0 Å². The van der Waals surface area contributed by atoms with Crippen molar-refractivity contribution in [3.63, 3.8) is 0 Å². The third kappa shape index (κ3) is 1.74. The van der Waals surface area contributed by atoms with Crippen molar-refractivity contribution in [3.8, 4) is 16.9 Å².